The smallest absolute Gasteiger partial charge is 0.336 e. The molecule has 1 heterocycles. The van der Waals surface area contributed by atoms with Crippen molar-refractivity contribution in [1.82, 2.24) is 15.1 Å². The molecule has 65 valence electrons. The van der Waals surface area contributed by atoms with Crippen molar-refractivity contribution in [2.75, 3.05) is 6.54 Å². The predicted octanol–water partition coefficient (Wildman–Crippen LogP) is 0.892. The van der Waals surface area contributed by atoms with Gasteiger partial charge < -0.3 is 5.32 Å². The molecule has 4 nitrogen and oxygen atoms in total. The summed E-state index contributed by atoms with van der Waals surface area (Å²) in [5.74, 6) is 0. The van der Waals surface area contributed by atoms with Gasteiger partial charge in [-0.2, -0.15) is 9.78 Å². The first kappa shape index (κ1) is 8.77. The molecule has 0 aromatic carbocycles. The van der Waals surface area contributed by atoms with Gasteiger partial charge in [0.05, 0.1) is 5.69 Å². The second-order valence-corrected chi connectivity index (χ2v) is 2.57. The summed E-state index contributed by atoms with van der Waals surface area (Å²) < 4.78 is 1.33. The van der Waals surface area contributed by atoms with E-state index in [1.165, 1.54) is 4.68 Å². The van der Waals surface area contributed by atoms with Gasteiger partial charge in [-0.1, -0.05) is 0 Å². The van der Waals surface area contributed by atoms with Gasteiger partial charge >= 0.3 is 6.03 Å². The van der Waals surface area contributed by atoms with Crippen molar-refractivity contribution >= 4 is 6.03 Å². The topological polar surface area (TPSA) is 46.9 Å². The number of carbonyl (C=O) groups excluding carboxylic acids is 1. The molecule has 12 heavy (non-hydrogen) atoms. The summed E-state index contributed by atoms with van der Waals surface area (Å²) in [5, 5.41) is 6.57. The van der Waals surface area contributed by atoms with E-state index in [0.717, 1.165) is 11.4 Å². The van der Waals surface area contributed by atoms with E-state index < -0.39 is 0 Å². The molecule has 1 N–H and O–H groups in total. The maximum atomic E-state index is 11.2. The Morgan fingerprint density at radius 2 is 2.42 bits per heavy atom. The standard InChI is InChI=1S/C8H12N3O/c1-4-9-8(12)11-7(3)5-6(2)10-11/h5H,1,4H2,2-3H3,(H,9,12). The molecule has 1 amide bonds. The van der Waals surface area contributed by atoms with Crippen LogP contribution in [0.1, 0.15) is 11.4 Å². The van der Waals surface area contributed by atoms with Crippen LogP contribution in [0, 0.1) is 20.8 Å². The normalized spacial score (nSPS) is 9.92. The molecule has 1 aromatic rings. The highest BCUT2D eigenvalue weighted by molar-refractivity contribution is 5.76. The van der Waals surface area contributed by atoms with Crippen LogP contribution in [0.2, 0.25) is 0 Å². The first-order valence-electron chi connectivity index (χ1n) is 3.76. The lowest BCUT2D eigenvalue weighted by atomic mass is 10.4. The molecule has 0 unspecified atom stereocenters. The van der Waals surface area contributed by atoms with E-state index in [2.05, 4.69) is 17.3 Å². The zero-order valence-electron chi connectivity index (χ0n) is 7.29. The minimum Gasteiger partial charge on any atom is -0.336 e. The van der Waals surface area contributed by atoms with Gasteiger partial charge in [0, 0.05) is 12.2 Å². The Morgan fingerprint density at radius 1 is 1.75 bits per heavy atom. The minimum absolute atomic E-state index is 0.226. The second kappa shape index (κ2) is 3.38. The lowest BCUT2D eigenvalue weighted by molar-refractivity contribution is 0.240. The molecular weight excluding hydrogens is 154 g/mol. The molecule has 0 saturated heterocycles. The first-order chi connectivity index (χ1) is 5.65. The summed E-state index contributed by atoms with van der Waals surface area (Å²) in [6, 6.07) is 1.62. The van der Waals surface area contributed by atoms with Crippen molar-refractivity contribution in [1.29, 1.82) is 0 Å². The van der Waals surface area contributed by atoms with Gasteiger partial charge in [-0.25, -0.2) is 4.79 Å². The monoisotopic (exact) mass is 166 g/mol. The van der Waals surface area contributed by atoms with Crippen LogP contribution in [0.5, 0.6) is 0 Å². The number of rotatable bonds is 1. The molecule has 0 spiro atoms. The quantitative estimate of drug-likeness (QED) is 0.673. The van der Waals surface area contributed by atoms with Gasteiger partial charge in [-0.15, -0.1) is 0 Å². The fourth-order valence-electron chi connectivity index (χ4n) is 1.02. The lowest BCUT2D eigenvalue weighted by Crippen LogP contribution is -2.29. The molecule has 4 heteroatoms. The van der Waals surface area contributed by atoms with Gasteiger partial charge in [0.2, 0.25) is 0 Å². The Labute approximate surface area is 71.6 Å². The van der Waals surface area contributed by atoms with Crippen molar-refractivity contribution in [3.8, 4) is 0 Å². The summed E-state index contributed by atoms with van der Waals surface area (Å²) >= 11 is 0. The fraction of sp³-hybridized carbons (Fsp3) is 0.375. The summed E-state index contributed by atoms with van der Waals surface area (Å²) in [6.45, 7) is 7.57. The molecular formula is C8H12N3O. The SMILES string of the molecule is [CH2]CNC(=O)n1nc(C)cc1C. The van der Waals surface area contributed by atoms with E-state index in [4.69, 9.17) is 0 Å². The van der Waals surface area contributed by atoms with E-state index in [1.54, 1.807) is 0 Å². The molecule has 0 aliphatic heterocycles. The Bertz CT molecular complexity index is 290. The van der Waals surface area contributed by atoms with Gasteiger partial charge in [0.15, 0.2) is 0 Å². The maximum absolute atomic E-state index is 11.2. The van der Waals surface area contributed by atoms with Crippen LogP contribution < -0.4 is 5.32 Å². The highest BCUT2D eigenvalue weighted by Gasteiger charge is 2.07. The number of carbonyl (C=O) groups is 1. The largest absolute Gasteiger partial charge is 0.342 e. The van der Waals surface area contributed by atoms with Crippen molar-refractivity contribution in [3.63, 3.8) is 0 Å². The van der Waals surface area contributed by atoms with Crippen LogP contribution in [0.15, 0.2) is 6.07 Å². The molecule has 1 radical (unpaired) electrons. The third kappa shape index (κ3) is 1.64. The van der Waals surface area contributed by atoms with Crippen LogP contribution in [0.25, 0.3) is 0 Å². The van der Waals surface area contributed by atoms with E-state index >= 15 is 0 Å². The van der Waals surface area contributed by atoms with Gasteiger partial charge in [0.1, 0.15) is 0 Å². The van der Waals surface area contributed by atoms with Crippen LogP contribution in [-0.2, 0) is 0 Å². The van der Waals surface area contributed by atoms with Crippen molar-refractivity contribution in [2.45, 2.75) is 13.8 Å². The molecule has 0 aliphatic carbocycles. The highest BCUT2D eigenvalue weighted by atomic mass is 16.2. The van der Waals surface area contributed by atoms with Crippen LogP contribution >= 0.6 is 0 Å². The van der Waals surface area contributed by atoms with E-state index in [9.17, 15) is 4.79 Å². The fourth-order valence-corrected chi connectivity index (χ4v) is 1.02. The van der Waals surface area contributed by atoms with Crippen molar-refractivity contribution in [3.05, 3.63) is 24.4 Å². The Hall–Kier alpha value is -1.32. The number of nitrogens with zero attached hydrogens (tertiary/aromatic N) is 2. The third-order valence-electron chi connectivity index (χ3n) is 1.48. The van der Waals surface area contributed by atoms with E-state index in [0.29, 0.717) is 6.54 Å². The zero-order chi connectivity index (χ0) is 9.14. The van der Waals surface area contributed by atoms with Gasteiger partial charge in [-0.05, 0) is 26.8 Å². The van der Waals surface area contributed by atoms with Crippen LogP contribution in [-0.4, -0.2) is 22.4 Å². The molecule has 0 saturated carbocycles. The van der Waals surface area contributed by atoms with Crippen molar-refractivity contribution in [2.24, 2.45) is 0 Å². The van der Waals surface area contributed by atoms with Gasteiger partial charge in [-0.3, -0.25) is 0 Å². The number of hydrogen-bond donors (Lipinski definition) is 1. The average molecular weight is 166 g/mol. The van der Waals surface area contributed by atoms with Crippen LogP contribution in [0.3, 0.4) is 0 Å². The summed E-state index contributed by atoms with van der Waals surface area (Å²) in [5.41, 5.74) is 1.67. The van der Waals surface area contributed by atoms with E-state index in [-0.39, 0.29) is 6.03 Å². The lowest BCUT2D eigenvalue weighted by Gasteiger charge is -2.02. The van der Waals surface area contributed by atoms with Crippen LogP contribution in [0.4, 0.5) is 4.79 Å². The number of aromatic nitrogens is 2. The molecule has 1 rings (SSSR count). The number of hydrogen-bond acceptors (Lipinski definition) is 2. The average Bonchev–Trinajstić information content (AvgIpc) is 2.30. The Morgan fingerprint density at radius 3 is 2.83 bits per heavy atom. The third-order valence-corrected chi connectivity index (χ3v) is 1.48. The zero-order valence-corrected chi connectivity index (χ0v) is 7.29. The molecule has 0 fully saturated rings. The molecule has 0 aliphatic rings. The minimum atomic E-state index is -0.226. The second-order valence-electron chi connectivity index (χ2n) is 2.57. The summed E-state index contributed by atoms with van der Waals surface area (Å²) in [7, 11) is 0. The Balaban J connectivity index is 2.87. The summed E-state index contributed by atoms with van der Waals surface area (Å²) in [6.07, 6.45) is 0. The molecule has 0 atom stereocenters. The number of aryl methyl sites for hydroxylation is 2. The van der Waals surface area contributed by atoms with Gasteiger partial charge in [0.25, 0.3) is 0 Å². The van der Waals surface area contributed by atoms with Crippen molar-refractivity contribution < 1.29 is 4.79 Å². The highest BCUT2D eigenvalue weighted by Crippen LogP contribution is 2.00. The number of nitrogens with one attached hydrogen (secondary N) is 1. The molecule has 0 bridgehead atoms. The predicted molar refractivity (Wildman–Crippen MR) is 45.9 cm³/mol. The van der Waals surface area contributed by atoms with E-state index in [1.807, 2.05) is 19.9 Å². The summed E-state index contributed by atoms with van der Waals surface area (Å²) in [4.78, 5) is 11.2. The maximum Gasteiger partial charge on any atom is 0.342 e. The first-order valence-corrected chi connectivity index (χ1v) is 3.76. The molecule has 1 aromatic heterocycles. The Kier molecular flexibility index (Phi) is 2.47. The number of amides is 1.